The Morgan fingerprint density at radius 2 is 1.80 bits per heavy atom. The molecule has 7 heteroatoms. The summed E-state index contributed by atoms with van der Waals surface area (Å²) in [7, 11) is 1.31. The number of aromatic nitrogens is 1. The minimum Gasteiger partial charge on any atom is -0.469 e. The smallest absolute Gasteiger partial charge is 0.309 e. The van der Waals surface area contributed by atoms with Gasteiger partial charge in [-0.15, -0.1) is 0 Å². The van der Waals surface area contributed by atoms with Crippen LogP contribution in [0.4, 0.5) is 11.4 Å². The predicted octanol–water partition coefficient (Wildman–Crippen LogP) is 2.08. The summed E-state index contributed by atoms with van der Waals surface area (Å²) >= 11 is 0. The largest absolute Gasteiger partial charge is 0.469 e. The lowest BCUT2D eigenvalue weighted by molar-refractivity contribution is -0.143. The lowest BCUT2D eigenvalue weighted by Crippen LogP contribution is -2.17. The van der Waals surface area contributed by atoms with E-state index in [-0.39, 0.29) is 29.6 Å². The molecular formula is C18H17N3O4. The van der Waals surface area contributed by atoms with Gasteiger partial charge in [0.15, 0.2) is 0 Å². The molecule has 0 saturated heterocycles. The molecular weight excluding hydrogens is 322 g/mol. The number of esters is 1. The fourth-order valence-corrected chi connectivity index (χ4v) is 2.48. The molecule has 0 spiro atoms. The van der Waals surface area contributed by atoms with E-state index in [1.807, 2.05) is 0 Å². The van der Waals surface area contributed by atoms with Crippen molar-refractivity contribution in [2.75, 3.05) is 17.7 Å². The molecule has 3 rings (SSSR count). The zero-order valence-electron chi connectivity index (χ0n) is 13.6. The van der Waals surface area contributed by atoms with Gasteiger partial charge in [-0.3, -0.25) is 19.4 Å². The monoisotopic (exact) mass is 339 g/mol. The molecule has 1 aromatic heterocycles. The van der Waals surface area contributed by atoms with Crippen molar-refractivity contribution in [2.45, 2.75) is 6.42 Å². The summed E-state index contributed by atoms with van der Waals surface area (Å²) in [5, 5.41) is 5.47. The van der Waals surface area contributed by atoms with Gasteiger partial charge >= 0.3 is 5.97 Å². The second-order valence-corrected chi connectivity index (χ2v) is 5.73. The second-order valence-electron chi connectivity index (χ2n) is 5.73. The number of pyridine rings is 1. The van der Waals surface area contributed by atoms with Crippen LogP contribution in [0.5, 0.6) is 0 Å². The number of amides is 2. The van der Waals surface area contributed by atoms with Crippen LogP contribution in [0.1, 0.15) is 16.8 Å². The predicted molar refractivity (Wildman–Crippen MR) is 90.9 cm³/mol. The van der Waals surface area contributed by atoms with Crippen molar-refractivity contribution < 1.29 is 19.1 Å². The van der Waals surface area contributed by atoms with Crippen LogP contribution in [-0.4, -0.2) is 29.9 Å². The summed E-state index contributed by atoms with van der Waals surface area (Å²) in [6, 6.07) is 10.00. The van der Waals surface area contributed by atoms with E-state index in [9.17, 15) is 14.4 Å². The number of anilines is 2. The van der Waals surface area contributed by atoms with E-state index in [4.69, 9.17) is 0 Å². The van der Waals surface area contributed by atoms with Crippen LogP contribution in [0.3, 0.4) is 0 Å². The first-order chi connectivity index (χ1) is 12.1. The number of nitrogens with one attached hydrogen (secondary N) is 2. The number of nitrogens with zero attached hydrogens (tertiary/aromatic N) is 1. The van der Waals surface area contributed by atoms with Crippen molar-refractivity contribution in [1.82, 2.24) is 4.98 Å². The highest BCUT2D eigenvalue weighted by Gasteiger charge is 2.48. The Bertz CT molecular complexity index is 790. The van der Waals surface area contributed by atoms with Crippen molar-refractivity contribution in [2.24, 2.45) is 11.8 Å². The molecule has 2 amide bonds. The summed E-state index contributed by atoms with van der Waals surface area (Å²) in [4.78, 5) is 39.5. The molecule has 1 aliphatic rings. The van der Waals surface area contributed by atoms with E-state index >= 15 is 0 Å². The van der Waals surface area contributed by atoms with Gasteiger partial charge in [-0.2, -0.15) is 0 Å². The van der Waals surface area contributed by atoms with E-state index in [2.05, 4.69) is 20.4 Å². The number of methoxy groups -OCH3 is 1. The van der Waals surface area contributed by atoms with Crippen LogP contribution in [0.2, 0.25) is 0 Å². The molecule has 128 valence electrons. The normalized spacial score (nSPS) is 18.1. The quantitative estimate of drug-likeness (QED) is 0.813. The lowest BCUT2D eigenvalue weighted by atomic mass is 10.2. The molecule has 1 heterocycles. The van der Waals surface area contributed by atoms with Gasteiger partial charge < -0.3 is 15.4 Å². The molecule has 2 aromatic rings. The number of rotatable bonds is 5. The van der Waals surface area contributed by atoms with Crippen molar-refractivity contribution in [1.29, 1.82) is 0 Å². The maximum atomic E-state index is 12.1. The molecule has 25 heavy (non-hydrogen) atoms. The highest BCUT2D eigenvalue weighted by molar-refractivity contribution is 6.04. The third-order valence-electron chi connectivity index (χ3n) is 3.97. The molecule has 0 bridgehead atoms. The van der Waals surface area contributed by atoms with Gasteiger partial charge in [-0.05, 0) is 42.8 Å². The van der Waals surface area contributed by atoms with Crippen molar-refractivity contribution >= 4 is 29.2 Å². The van der Waals surface area contributed by atoms with Crippen molar-refractivity contribution in [3.63, 3.8) is 0 Å². The lowest BCUT2D eigenvalue weighted by Gasteiger charge is -2.07. The van der Waals surface area contributed by atoms with Crippen molar-refractivity contribution in [3.8, 4) is 0 Å². The Morgan fingerprint density at radius 3 is 2.44 bits per heavy atom. The fraction of sp³-hybridized carbons (Fsp3) is 0.222. The number of hydrogen-bond donors (Lipinski definition) is 2. The molecule has 0 unspecified atom stereocenters. The molecule has 1 saturated carbocycles. The second kappa shape index (κ2) is 7.12. The molecule has 1 fully saturated rings. The van der Waals surface area contributed by atoms with Gasteiger partial charge in [0, 0.05) is 17.4 Å². The van der Waals surface area contributed by atoms with E-state index < -0.39 is 0 Å². The SMILES string of the molecule is COC(=O)[C@@H]1C[C@@H]1C(=O)Nc1ccc(C(=O)Nc2cccnc2)cc1. The van der Waals surface area contributed by atoms with Gasteiger partial charge in [0.25, 0.3) is 5.91 Å². The van der Waals surface area contributed by atoms with E-state index in [1.165, 1.54) is 7.11 Å². The first-order valence-electron chi connectivity index (χ1n) is 7.78. The molecule has 7 nitrogen and oxygen atoms in total. The Labute approximate surface area is 144 Å². The third kappa shape index (κ3) is 4.00. The zero-order valence-corrected chi connectivity index (χ0v) is 13.6. The molecule has 1 aliphatic carbocycles. The Hall–Kier alpha value is -3.22. The Kier molecular flexibility index (Phi) is 4.74. The maximum Gasteiger partial charge on any atom is 0.309 e. The average molecular weight is 339 g/mol. The number of carbonyl (C=O) groups excluding carboxylic acids is 3. The van der Waals surface area contributed by atoms with E-state index in [0.717, 1.165) is 0 Å². The highest BCUT2D eigenvalue weighted by Crippen LogP contribution is 2.40. The van der Waals surface area contributed by atoms with Crippen LogP contribution in [0.15, 0.2) is 48.8 Å². The summed E-state index contributed by atoms with van der Waals surface area (Å²) in [6.07, 6.45) is 3.68. The summed E-state index contributed by atoms with van der Waals surface area (Å²) in [6.45, 7) is 0. The standard InChI is InChI=1S/C18H17N3O4/c1-25-18(24)15-9-14(15)17(23)20-12-6-4-11(5-7-12)16(22)21-13-3-2-8-19-10-13/h2-8,10,14-15H,9H2,1H3,(H,20,23)(H,21,22)/t14-,15+/m0/s1. The fourth-order valence-electron chi connectivity index (χ4n) is 2.48. The van der Waals surface area contributed by atoms with Gasteiger partial charge in [-0.1, -0.05) is 0 Å². The molecule has 1 aromatic carbocycles. The topological polar surface area (TPSA) is 97.4 Å². The van der Waals surface area contributed by atoms with Crippen LogP contribution < -0.4 is 10.6 Å². The Balaban J connectivity index is 1.56. The van der Waals surface area contributed by atoms with Crippen molar-refractivity contribution in [3.05, 3.63) is 54.4 Å². The minimum atomic E-state index is -0.359. The van der Waals surface area contributed by atoms with Crippen LogP contribution in [0, 0.1) is 11.8 Å². The first-order valence-corrected chi connectivity index (χ1v) is 7.78. The third-order valence-corrected chi connectivity index (χ3v) is 3.97. The van der Waals surface area contributed by atoms with Gasteiger partial charge in [0.1, 0.15) is 0 Å². The van der Waals surface area contributed by atoms with E-state index in [1.54, 1.807) is 48.8 Å². The number of hydrogen-bond acceptors (Lipinski definition) is 5. The Morgan fingerprint density at radius 1 is 1.04 bits per heavy atom. The first kappa shape index (κ1) is 16.6. The minimum absolute atomic E-state index is 0.219. The highest BCUT2D eigenvalue weighted by atomic mass is 16.5. The molecule has 0 aliphatic heterocycles. The summed E-state index contributed by atoms with van der Waals surface area (Å²) in [5.41, 5.74) is 1.63. The van der Waals surface area contributed by atoms with Gasteiger partial charge in [0.05, 0.1) is 30.8 Å². The summed E-state index contributed by atoms with van der Waals surface area (Å²) in [5.74, 6) is -1.54. The maximum absolute atomic E-state index is 12.1. The van der Waals surface area contributed by atoms with E-state index in [0.29, 0.717) is 23.4 Å². The number of carbonyl (C=O) groups is 3. The zero-order chi connectivity index (χ0) is 17.8. The van der Waals surface area contributed by atoms with Gasteiger partial charge in [0.2, 0.25) is 5.91 Å². The molecule has 2 N–H and O–H groups in total. The number of benzene rings is 1. The van der Waals surface area contributed by atoms with Crippen LogP contribution in [0.25, 0.3) is 0 Å². The number of ether oxygens (including phenoxy) is 1. The molecule has 0 radical (unpaired) electrons. The molecule has 2 atom stereocenters. The van der Waals surface area contributed by atoms with Crippen LogP contribution in [-0.2, 0) is 14.3 Å². The van der Waals surface area contributed by atoms with Crippen LogP contribution >= 0.6 is 0 Å². The van der Waals surface area contributed by atoms with Gasteiger partial charge in [-0.25, -0.2) is 0 Å². The average Bonchev–Trinajstić information content (AvgIpc) is 3.43. The summed E-state index contributed by atoms with van der Waals surface area (Å²) < 4.78 is 4.63.